The summed E-state index contributed by atoms with van der Waals surface area (Å²) in [6, 6.07) is 6.17. The average molecular weight is 219 g/mol. The molecule has 1 unspecified atom stereocenters. The third-order valence-corrected chi connectivity index (χ3v) is 2.51. The number of benzene rings is 1. The Morgan fingerprint density at radius 2 is 2.06 bits per heavy atom. The molecule has 4 heteroatoms. The average Bonchev–Trinajstić information content (AvgIpc) is 2.65. The zero-order valence-corrected chi connectivity index (χ0v) is 9.10. The molecule has 0 amide bonds. The van der Waals surface area contributed by atoms with E-state index in [1.165, 1.54) is 12.1 Å². The molecule has 2 aromatic rings. The van der Waals surface area contributed by atoms with Crippen LogP contribution >= 0.6 is 0 Å². The van der Waals surface area contributed by atoms with Gasteiger partial charge in [-0.05, 0) is 29.7 Å². The van der Waals surface area contributed by atoms with Gasteiger partial charge in [0.2, 0.25) is 0 Å². The van der Waals surface area contributed by atoms with Gasteiger partial charge in [-0.1, -0.05) is 12.1 Å². The van der Waals surface area contributed by atoms with E-state index in [2.05, 4.69) is 5.10 Å². The lowest BCUT2D eigenvalue weighted by Crippen LogP contribution is -2.12. The predicted octanol–water partition coefficient (Wildman–Crippen LogP) is 1.80. The number of nitrogens with zero attached hydrogens (tertiary/aromatic N) is 2. The molecular formula is C12H14FN3. The SMILES string of the molecule is Cn1cc(CC(N)c2ccc(F)cc2)cn1. The lowest BCUT2D eigenvalue weighted by molar-refractivity contribution is 0.624. The molecule has 0 fully saturated rings. The molecule has 0 aliphatic heterocycles. The Bertz CT molecular complexity index is 461. The Balaban J connectivity index is 2.08. The molecule has 1 aromatic heterocycles. The van der Waals surface area contributed by atoms with Crippen molar-refractivity contribution in [2.45, 2.75) is 12.5 Å². The first kappa shape index (κ1) is 10.8. The number of halogens is 1. The molecule has 1 heterocycles. The molecule has 3 nitrogen and oxygen atoms in total. The van der Waals surface area contributed by atoms with Crippen molar-refractivity contribution in [3.8, 4) is 0 Å². The van der Waals surface area contributed by atoms with Crippen LogP contribution in [-0.2, 0) is 13.5 Å². The maximum atomic E-state index is 12.7. The molecular weight excluding hydrogens is 205 g/mol. The summed E-state index contributed by atoms with van der Waals surface area (Å²) in [6.07, 6.45) is 4.44. The van der Waals surface area contributed by atoms with Crippen molar-refractivity contribution in [2.75, 3.05) is 0 Å². The Kier molecular flexibility index (Phi) is 3.01. The quantitative estimate of drug-likeness (QED) is 0.855. The summed E-state index contributed by atoms with van der Waals surface area (Å²) in [5, 5.41) is 4.08. The van der Waals surface area contributed by atoms with Gasteiger partial charge < -0.3 is 5.73 Å². The van der Waals surface area contributed by atoms with Gasteiger partial charge in [-0.25, -0.2) is 4.39 Å². The van der Waals surface area contributed by atoms with Gasteiger partial charge in [-0.2, -0.15) is 5.10 Å². The monoisotopic (exact) mass is 219 g/mol. The van der Waals surface area contributed by atoms with Crippen molar-refractivity contribution in [3.63, 3.8) is 0 Å². The molecule has 0 saturated carbocycles. The number of rotatable bonds is 3. The fourth-order valence-electron chi connectivity index (χ4n) is 1.66. The second-order valence-corrected chi connectivity index (χ2v) is 3.88. The second-order valence-electron chi connectivity index (χ2n) is 3.88. The predicted molar refractivity (Wildman–Crippen MR) is 60.2 cm³/mol. The number of hydrogen-bond donors (Lipinski definition) is 1. The smallest absolute Gasteiger partial charge is 0.123 e. The van der Waals surface area contributed by atoms with Crippen LogP contribution in [0, 0.1) is 5.82 Å². The van der Waals surface area contributed by atoms with Crippen LogP contribution in [0.3, 0.4) is 0 Å². The summed E-state index contributed by atoms with van der Waals surface area (Å²) in [7, 11) is 1.87. The van der Waals surface area contributed by atoms with Crippen LogP contribution in [0.2, 0.25) is 0 Å². The van der Waals surface area contributed by atoms with Crippen molar-refractivity contribution < 1.29 is 4.39 Å². The second kappa shape index (κ2) is 4.45. The Labute approximate surface area is 93.7 Å². The number of nitrogens with two attached hydrogens (primary N) is 1. The molecule has 0 aliphatic carbocycles. The first-order valence-electron chi connectivity index (χ1n) is 5.14. The van der Waals surface area contributed by atoms with E-state index in [4.69, 9.17) is 5.73 Å². The van der Waals surface area contributed by atoms with Crippen LogP contribution in [0.4, 0.5) is 4.39 Å². The van der Waals surface area contributed by atoms with E-state index in [1.807, 2.05) is 13.2 Å². The van der Waals surface area contributed by atoms with E-state index in [0.29, 0.717) is 6.42 Å². The lowest BCUT2D eigenvalue weighted by atomic mass is 10.0. The number of aryl methyl sites for hydroxylation is 1. The minimum absolute atomic E-state index is 0.121. The van der Waals surface area contributed by atoms with Crippen molar-refractivity contribution in [1.82, 2.24) is 9.78 Å². The summed E-state index contributed by atoms with van der Waals surface area (Å²) in [5.41, 5.74) is 8.04. The topological polar surface area (TPSA) is 43.8 Å². The minimum Gasteiger partial charge on any atom is -0.324 e. The summed E-state index contributed by atoms with van der Waals surface area (Å²) in [6.45, 7) is 0. The minimum atomic E-state index is -0.239. The van der Waals surface area contributed by atoms with Crippen LogP contribution in [0.1, 0.15) is 17.2 Å². The fourth-order valence-corrected chi connectivity index (χ4v) is 1.66. The molecule has 0 radical (unpaired) electrons. The molecule has 0 saturated heterocycles. The highest BCUT2D eigenvalue weighted by atomic mass is 19.1. The maximum Gasteiger partial charge on any atom is 0.123 e. The lowest BCUT2D eigenvalue weighted by Gasteiger charge is -2.10. The summed E-state index contributed by atoms with van der Waals surface area (Å²) < 4.78 is 14.5. The summed E-state index contributed by atoms with van der Waals surface area (Å²) in [4.78, 5) is 0. The zero-order chi connectivity index (χ0) is 11.5. The van der Waals surface area contributed by atoms with Crippen molar-refractivity contribution in [2.24, 2.45) is 12.8 Å². The molecule has 0 aliphatic rings. The van der Waals surface area contributed by atoms with Crippen LogP contribution in [0.25, 0.3) is 0 Å². The third kappa shape index (κ3) is 2.46. The highest BCUT2D eigenvalue weighted by Crippen LogP contribution is 2.15. The van der Waals surface area contributed by atoms with E-state index in [9.17, 15) is 4.39 Å². The summed E-state index contributed by atoms with van der Waals surface area (Å²) in [5.74, 6) is -0.239. The molecule has 1 aromatic carbocycles. The Morgan fingerprint density at radius 3 is 2.62 bits per heavy atom. The first-order valence-corrected chi connectivity index (χ1v) is 5.14. The van der Waals surface area contributed by atoms with Gasteiger partial charge in [-0.3, -0.25) is 4.68 Å². The van der Waals surface area contributed by atoms with Crippen molar-refractivity contribution >= 4 is 0 Å². The molecule has 2 N–H and O–H groups in total. The van der Waals surface area contributed by atoms with Crippen molar-refractivity contribution in [1.29, 1.82) is 0 Å². The first-order chi connectivity index (χ1) is 7.65. The molecule has 16 heavy (non-hydrogen) atoms. The van der Waals surface area contributed by atoms with Gasteiger partial charge in [-0.15, -0.1) is 0 Å². The Hall–Kier alpha value is -1.68. The van der Waals surface area contributed by atoms with Gasteiger partial charge in [0.1, 0.15) is 5.82 Å². The molecule has 84 valence electrons. The van der Waals surface area contributed by atoms with Crippen LogP contribution < -0.4 is 5.73 Å². The zero-order valence-electron chi connectivity index (χ0n) is 9.10. The van der Waals surface area contributed by atoms with Gasteiger partial charge in [0, 0.05) is 19.3 Å². The van der Waals surface area contributed by atoms with Crippen molar-refractivity contribution in [3.05, 3.63) is 53.6 Å². The van der Waals surface area contributed by atoms with Crippen LogP contribution in [-0.4, -0.2) is 9.78 Å². The maximum absolute atomic E-state index is 12.7. The summed E-state index contributed by atoms with van der Waals surface area (Å²) >= 11 is 0. The van der Waals surface area contributed by atoms with E-state index in [-0.39, 0.29) is 11.9 Å². The van der Waals surface area contributed by atoms with E-state index in [0.717, 1.165) is 11.1 Å². The molecule has 1 atom stereocenters. The highest BCUT2D eigenvalue weighted by molar-refractivity contribution is 5.21. The van der Waals surface area contributed by atoms with E-state index < -0.39 is 0 Å². The van der Waals surface area contributed by atoms with Gasteiger partial charge >= 0.3 is 0 Å². The number of hydrogen-bond acceptors (Lipinski definition) is 2. The third-order valence-electron chi connectivity index (χ3n) is 2.51. The Morgan fingerprint density at radius 1 is 1.38 bits per heavy atom. The van der Waals surface area contributed by atoms with Crippen LogP contribution in [0.15, 0.2) is 36.7 Å². The van der Waals surface area contributed by atoms with Gasteiger partial charge in [0.25, 0.3) is 0 Å². The van der Waals surface area contributed by atoms with Gasteiger partial charge in [0.05, 0.1) is 6.20 Å². The standard InChI is InChI=1S/C12H14FN3/c1-16-8-9(7-15-16)6-12(14)10-2-4-11(13)5-3-10/h2-5,7-8,12H,6,14H2,1H3. The van der Waals surface area contributed by atoms with Crippen LogP contribution in [0.5, 0.6) is 0 Å². The normalized spacial score (nSPS) is 12.7. The largest absolute Gasteiger partial charge is 0.324 e. The van der Waals surface area contributed by atoms with Gasteiger partial charge in [0.15, 0.2) is 0 Å². The fraction of sp³-hybridized carbons (Fsp3) is 0.250. The molecule has 0 bridgehead atoms. The van der Waals surface area contributed by atoms with E-state index in [1.54, 1.807) is 23.0 Å². The highest BCUT2D eigenvalue weighted by Gasteiger charge is 2.08. The molecule has 0 spiro atoms. The number of aromatic nitrogens is 2. The van der Waals surface area contributed by atoms with E-state index >= 15 is 0 Å². The molecule has 2 rings (SSSR count).